The molecule has 4 heteroatoms. The highest BCUT2D eigenvalue weighted by Crippen LogP contribution is 2.25. The Hall–Kier alpha value is -2.36. The molecule has 1 aromatic carbocycles. The minimum absolute atomic E-state index is 0.0726. The van der Waals surface area contributed by atoms with Crippen molar-refractivity contribution in [1.29, 1.82) is 0 Å². The maximum atomic E-state index is 5.80. The predicted octanol–water partition coefficient (Wildman–Crippen LogP) is 3.40. The van der Waals surface area contributed by atoms with Crippen molar-refractivity contribution in [1.82, 2.24) is 9.97 Å². The number of anilines is 1. The molecule has 1 N–H and O–H groups in total. The molecule has 0 bridgehead atoms. The fraction of sp³-hybridized carbons (Fsp3) is 0.143. The van der Waals surface area contributed by atoms with Gasteiger partial charge in [0.1, 0.15) is 17.7 Å². The molecule has 2 aromatic heterocycles. The van der Waals surface area contributed by atoms with Gasteiger partial charge in [0.2, 0.25) is 0 Å². The van der Waals surface area contributed by atoms with Crippen LogP contribution in [0.15, 0.2) is 53.5 Å². The molecule has 1 atom stereocenters. The van der Waals surface area contributed by atoms with Crippen molar-refractivity contribution < 1.29 is 4.42 Å². The maximum Gasteiger partial charge on any atom is 0.134 e. The largest absolute Gasteiger partial charge is 0.459 e. The highest BCUT2D eigenvalue weighted by molar-refractivity contribution is 5.77. The van der Waals surface area contributed by atoms with Crippen LogP contribution in [-0.4, -0.2) is 9.97 Å². The molecule has 0 saturated heterocycles. The van der Waals surface area contributed by atoms with Crippen LogP contribution in [0.3, 0.4) is 0 Å². The summed E-state index contributed by atoms with van der Waals surface area (Å²) in [6, 6.07) is 10.1. The summed E-state index contributed by atoms with van der Waals surface area (Å²) < 4.78 is 5.80. The number of nitrogens with one attached hydrogen (secondary N) is 1. The van der Waals surface area contributed by atoms with Crippen LogP contribution in [0, 0.1) is 0 Å². The smallest absolute Gasteiger partial charge is 0.134 e. The van der Waals surface area contributed by atoms with Crippen LogP contribution >= 0.6 is 0 Å². The molecule has 0 radical (unpaired) electrons. The zero-order valence-electron chi connectivity index (χ0n) is 10.00. The van der Waals surface area contributed by atoms with Crippen molar-refractivity contribution in [2.75, 3.05) is 5.32 Å². The summed E-state index contributed by atoms with van der Waals surface area (Å²) >= 11 is 0. The number of fused-ring (bicyclic) bond motifs is 1. The standard InChI is InChI=1S/C14H13N3O/c1-10(17-12-7-15-9-16-8-12)14-6-11-4-2-3-5-13(11)18-14/h2-10,17H,1H3. The molecule has 0 fully saturated rings. The van der Waals surface area contributed by atoms with E-state index in [1.165, 1.54) is 6.33 Å². The molecule has 1 unspecified atom stereocenters. The summed E-state index contributed by atoms with van der Waals surface area (Å²) in [4.78, 5) is 7.94. The van der Waals surface area contributed by atoms with Crippen LogP contribution in [0.4, 0.5) is 5.69 Å². The van der Waals surface area contributed by atoms with Crippen LogP contribution in [0.2, 0.25) is 0 Å². The molecular weight excluding hydrogens is 226 g/mol. The second-order valence-electron chi connectivity index (χ2n) is 4.18. The highest BCUT2D eigenvalue weighted by Gasteiger charge is 2.11. The Balaban J connectivity index is 1.86. The number of hydrogen-bond acceptors (Lipinski definition) is 4. The topological polar surface area (TPSA) is 51.0 Å². The Labute approximate surface area is 105 Å². The van der Waals surface area contributed by atoms with E-state index in [0.717, 1.165) is 22.4 Å². The van der Waals surface area contributed by atoms with Gasteiger partial charge < -0.3 is 9.73 Å². The van der Waals surface area contributed by atoms with Gasteiger partial charge in [0.05, 0.1) is 24.1 Å². The third-order valence-electron chi connectivity index (χ3n) is 2.82. The SMILES string of the molecule is CC(Nc1cncnc1)c1cc2ccccc2o1. The van der Waals surface area contributed by atoms with Gasteiger partial charge in [0.25, 0.3) is 0 Å². The van der Waals surface area contributed by atoms with E-state index < -0.39 is 0 Å². The molecule has 0 aliphatic heterocycles. The molecular formula is C14H13N3O. The molecule has 0 saturated carbocycles. The summed E-state index contributed by atoms with van der Waals surface area (Å²) in [6.07, 6.45) is 5.00. The van der Waals surface area contributed by atoms with E-state index in [1.54, 1.807) is 12.4 Å². The first-order valence-corrected chi connectivity index (χ1v) is 5.83. The summed E-state index contributed by atoms with van der Waals surface area (Å²) in [5.41, 5.74) is 1.79. The quantitative estimate of drug-likeness (QED) is 0.761. The number of para-hydroxylation sites is 1. The lowest BCUT2D eigenvalue weighted by atomic mass is 10.2. The molecule has 0 aliphatic rings. The number of aromatic nitrogens is 2. The number of furan rings is 1. The monoisotopic (exact) mass is 239 g/mol. The van der Waals surface area contributed by atoms with Gasteiger partial charge in [0.15, 0.2) is 0 Å². The van der Waals surface area contributed by atoms with Crippen LogP contribution in [0.25, 0.3) is 11.0 Å². The molecule has 3 aromatic rings. The van der Waals surface area contributed by atoms with E-state index in [1.807, 2.05) is 31.2 Å². The fourth-order valence-corrected chi connectivity index (χ4v) is 1.91. The molecule has 90 valence electrons. The fourth-order valence-electron chi connectivity index (χ4n) is 1.91. The lowest BCUT2D eigenvalue weighted by molar-refractivity contribution is 0.526. The summed E-state index contributed by atoms with van der Waals surface area (Å²) in [6.45, 7) is 2.05. The molecule has 18 heavy (non-hydrogen) atoms. The number of benzene rings is 1. The molecule has 4 nitrogen and oxygen atoms in total. The average molecular weight is 239 g/mol. The van der Waals surface area contributed by atoms with Gasteiger partial charge in [-0.25, -0.2) is 9.97 Å². The highest BCUT2D eigenvalue weighted by atomic mass is 16.3. The predicted molar refractivity (Wildman–Crippen MR) is 70.3 cm³/mol. The van der Waals surface area contributed by atoms with E-state index in [2.05, 4.69) is 21.4 Å². The van der Waals surface area contributed by atoms with E-state index in [4.69, 9.17) is 4.42 Å². The molecule has 2 heterocycles. The molecule has 3 rings (SSSR count). The Kier molecular flexibility index (Phi) is 2.68. The first-order chi connectivity index (χ1) is 8.83. The Bertz CT molecular complexity index is 615. The van der Waals surface area contributed by atoms with Crippen molar-refractivity contribution in [3.63, 3.8) is 0 Å². The van der Waals surface area contributed by atoms with Crippen LogP contribution in [-0.2, 0) is 0 Å². The third kappa shape index (κ3) is 2.05. The summed E-state index contributed by atoms with van der Waals surface area (Å²) in [7, 11) is 0. The van der Waals surface area contributed by atoms with Crippen molar-refractivity contribution in [2.45, 2.75) is 13.0 Å². The molecule has 0 aliphatic carbocycles. The maximum absolute atomic E-state index is 5.80. The Morgan fingerprint density at radius 1 is 1.17 bits per heavy atom. The zero-order valence-corrected chi connectivity index (χ0v) is 10.00. The summed E-state index contributed by atoms with van der Waals surface area (Å²) in [5.74, 6) is 0.903. The lowest BCUT2D eigenvalue weighted by Gasteiger charge is -2.11. The Morgan fingerprint density at radius 3 is 2.72 bits per heavy atom. The lowest BCUT2D eigenvalue weighted by Crippen LogP contribution is -2.05. The third-order valence-corrected chi connectivity index (χ3v) is 2.82. The molecule has 0 spiro atoms. The Morgan fingerprint density at radius 2 is 1.94 bits per heavy atom. The number of nitrogens with zero attached hydrogens (tertiary/aromatic N) is 2. The van der Waals surface area contributed by atoms with Gasteiger partial charge in [-0.1, -0.05) is 18.2 Å². The van der Waals surface area contributed by atoms with E-state index in [9.17, 15) is 0 Å². The first kappa shape index (κ1) is 10.8. The second-order valence-corrected chi connectivity index (χ2v) is 4.18. The van der Waals surface area contributed by atoms with Crippen molar-refractivity contribution in [3.05, 3.63) is 54.8 Å². The molecule has 0 amide bonds. The normalized spacial score (nSPS) is 12.5. The zero-order chi connectivity index (χ0) is 12.4. The van der Waals surface area contributed by atoms with E-state index in [0.29, 0.717) is 0 Å². The van der Waals surface area contributed by atoms with Crippen molar-refractivity contribution in [2.24, 2.45) is 0 Å². The summed E-state index contributed by atoms with van der Waals surface area (Å²) in [5, 5.41) is 4.42. The average Bonchev–Trinajstić information content (AvgIpc) is 2.84. The second kappa shape index (κ2) is 4.49. The van der Waals surface area contributed by atoms with E-state index >= 15 is 0 Å². The van der Waals surface area contributed by atoms with Gasteiger partial charge >= 0.3 is 0 Å². The van der Waals surface area contributed by atoms with Crippen LogP contribution in [0.5, 0.6) is 0 Å². The number of hydrogen-bond donors (Lipinski definition) is 1. The minimum atomic E-state index is 0.0726. The van der Waals surface area contributed by atoms with Gasteiger partial charge in [0, 0.05) is 5.39 Å². The van der Waals surface area contributed by atoms with Crippen LogP contribution in [0.1, 0.15) is 18.7 Å². The van der Waals surface area contributed by atoms with Crippen LogP contribution < -0.4 is 5.32 Å². The number of rotatable bonds is 3. The first-order valence-electron chi connectivity index (χ1n) is 5.83. The van der Waals surface area contributed by atoms with Gasteiger partial charge in [-0.15, -0.1) is 0 Å². The minimum Gasteiger partial charge on any atom is -0.459 e. The van der Waals surface area contributed by atoms with Crippen molar-refractivity contribution in [3.8, 4) is 0 Å². The van der Waals surface area contributed by atoms with Crippen molar-refractivity contribution >= 4 is 16.7 Å². The van der Waals surface area contributed by atoms with Gasteiger partial charge in [-0.2, -0.15) is 0 Å². The van der Waals surface area contributed by atoms with Gasteiger partial charge in [-0.3, -0.25) is 0 Å². The van der Waals surface area contributed by atoms with Gasteiger partial charge in [-0.05, 0) is 19.1 Å². The van der Waals surface area contributed by atoms with E-state index in [-0.39, 0.29) is 6.04 Å².